The molecule has 3 heterocycles. The van der Waals surface area contributed by atoms with E-state index in [0.717, 1.165) is 25.7 Å². The molecule has 2 unspecified atom stereocenters. The molecule has 3 fully saturated rings. The van der Waals surface area contributed by atoms with Crippen molar-refractivity contribution < 1.29 is 24.2 Å². The van der Waals surface area contributed by atoms with Crippen molar-refractivity contribution >= 4 is 29.5 Å². The van der Waals surface area contributed by atoms with E-state index in [-0.39, 0.29) is 36.2 Å². The molecule has 3 saturated heterocycles. The maximum absolute atomic E-state index is 14.0. The third-order valence-corrected chi connectivity index (χ3v) is 9.03. The monoisotopic (exact) mass is 478 g/mol. The van der Waals surface area contributed by atoms with Crippen molar-refractivity contribution in [3.05, 3.63) is 25.3 Å². The fraction of sp³-hybridized carbons (Fsp3) is 0.720. The van der Waals surface area contributed by atoms with Gasteiger partial charge in [0.15, 0.2) is 0 Å². The molecule has 1 spiro atoms. The number of β-amino-alcohol motifs (C(OH)–C–C–N with tert-alkyl or cyclic N) is 1. The lowest BCUT2D eigenvalue weighted by Crippen LogP contribution is -2.59. The number of nitrogens with zero attached hydrogens (tertiary/aromatic N) is 2. The van der Waals surface area contributed by atoms with Gasteiger partial charge in [-0.15, -0.1) is 24.9 Å². The number of carbonyl (C=O) groups excluding carboxylic acids is 3. The lowest BCUT2D eigenvalue weighted by Gasteiger charge is -2.42. The zero-order valence-electron chi connectivity index (χ0n) is 20.1. The summed E-state index contributed by atoms with van der Waals surface area (Å²) in [4.78, 5) is 44.0. The highest BCUT2D eigenvalue weighted by Gasteiger charge is 2.74. The molecule has 1 N–H and O–H groups in total. The highest BCUT2D eigenvalue weighted by atomic mass is 32.2. The average molecular weight is 479 g/mol. The Kier molecular flexibility index (Phi) is 7.99. The van der Waals surface area contributed by atoms with Crippen LogP contribution in [0.4, 0.5) is 0 Å². The van der Waals surface area contributed by atoms with Crippen LogP contribution >= 0.6 is 11.8 Å². The second kappa shape index (κ2) is 10.2. The van der Waals surface area contributed by atoms with Gasteiger partial charge in [-0.25, -0.2) is 0 Å². The average Bonchev–Trinajstić information content (AvgIpc) is 3.39. The smallest absolute Gasteiger partial charge is 0.310 e. The number of esters is 1. The first-order chi connectivity index (χ1) is 15.6. The summed E-state index contributed by atoms with van der Waals surface area (Å²) in [6.07, 6.45) is 7.54. The maximum atomic E-state index is 14.0. The second-order valence-corrected chi connectivity index (χ2v) is 11.8. The topological polar surface area (TPSA) is 87.1 Å². The number of aliphatic hydroxyl groups is 1. The summed E-state index contributed by atoms with van der Waals surface area (Å²) in [6.45, 7) is 13.9. The normalized spacial score (nSPS) is 30.3. The quantitative estimate of drug-likeness (QED) is 0.279. The number of likely N-dealkylation sites (tertiary alicyclic amines) is 1. The number of amides is 2. The molecule has 5 atom stereocenters. The van der Waals surface area contributed by atoms with E-state index >= 15 is 0 Å². The Balaban J connectivity index is 1.89. The van der Waals surface area contributed by atoms with Crippen molar-refractivity contribution in [3.8, 4) is 0 Å². The Bertz CT molecular complexity index is 794. The number of ether oxygens (including phenoxy) is 1. The van der Waals surface area contributed by atoms with Crippen molar-refractivity contribution in [1.29, 1.82) is 0 Å². The summed E-state index contributed by atoms with van der Waals surface area (Å²) in [5.74, 6) is -1.82. The van der Waals surface area contributed by atoms with Crippen molar-refractivity contribution in [2.75, 3.05) is 26.3 Å². The molecule has 8 heteroatoms. The van der Waals surface area contributed by atoms with Crippen LogP contribution in [0.1, 0.15) is 52.9 Å². The highest BCUT2D eigenvalue weighted by Crippen LogP contribution is 2.66. The molecule has 2 bridgehead atoms. The number of hydrogen-bond acceptors (Lipinski definition) is 6. The molecule has 0 aliphatic carbocycles. The van der Waals surface area contributed by atoms with Gasteiger partial charge in [0.25, 0.3) is 0 Å². The number of unbranched alkanes of at least 4 members (excludes halogenated alkanes) is 2. The predicted molar refractivity (Wildman–Crippen MR) is 130 cm³/mol. The number of thioether (sulfide) groups is 1. The van der Waals surface area contributed by atoms with Crippen LogP contribution in [0.15, 0.2) is 25.3 Å². The van der Waals surface area contributed by atoms with E-state index < -0.39 is 28.2 Å². The Morgan fingerprint density at radius 1 is 1.30 bits per heavy atom. The van der Waals surface area contributed by atoms with Crippen LogP contribution in [0, 0.1) is 11.8 Å². The van der Waals surface area contributed by atoms with Crippen molar-refractivity contribution in [1.82, 2.24) is 9.80 Å². The molecular formula is C25H38N2O5S. The third-order valence-electron chi connectivity index (χ3n) is 7.08. The summed E-state index contributed by atoms with van der Waals surface area (Å²) in [5.41, 5.74) is -0.459. The third kappa shape index (κ3) is 4.61. The molecule has 3 aliphatic rings. The fourth-order valence-electron chi connectivity index (χ4n) is 5.68. The summed E-state index contributed by atoms with van der Waals surface area (Å²) in [6, 6.07) is -0.707. The van der Waals surface area contributed by atoms with Crippen molar-refractivity contribution in [2.24, 2.45) is 11.8 Å². The Labute approximate surface area is 201 Å². The molecule has 33 heavy (non-hydrogen) atoms. The molecule has 184 valence electrons. The van der Waals surface area contributed by atoms with Gasteiger partial charge in [0.1, 0.15) is 6.04 Å². The summed E-state index contributed by atoms with van der Waals surface area (Å²) in [7, 11) is 0. The zero-order chi connectivity index (χ0) is 24.4. The molecule has 0 saturated carbocycles. The molecule has 0 aromatic rings. The lowest BCUT2D eigenvalue weighted by atomic mass is 9.71. The summed E-state index contributed by atoms with van der Waals surface area (Å²) < 4.78 is 4.93. The molecule has 3 rings (SSSR count). The van der Waals surface area contributed by atoms with E-state index in [1.165, 1.54) is 4.90 Å². The van der Waals surface area contributed by atoms with Gasteiger partial charge in [-0.2, -0.15) is 0 Å². The zero-order valence-corrected chi connectivity index (χ0v) is 20.9. The van der Waals surface area contributed by atoms with Gasteiger partial charge in [-0.3, -0.25) is 14.4 Å². The largest absolute Gasteiger partial charge is 0.465 e. The van der Waals surface area contributed by atoms with E-state index in [1.807, 2.05) is 26.8 Å². The first-order valence-corrected chi connectivity index (χ1v) is 12.8. The Morgan fingerprint density at radius 3 is 2.64 bits per heavy atom. The van der Waals surface area contributed by atoms with Gasteiger partial charge >= 0.3 is 5.97 Å². The van der Waals surface area contributed by atoms with Crippen molar-refractivity contribution in [3.63, 3.8) is 0 Å². The molecule has 2 amide bonds. The number of allylic oxidation sites excluding steroid dienone is 1. The first-order valence-electron chi connectivity index (χ1n) is 11.9. The maximum Gasteiger partial charge on any atom is 0.310 e. The van der Waals surface area contributed by atoms with Gasteiger partial charge < -0.3 is 19.6 Å². The van der Waals surface area contributed by atoms with Gasteiger partial charge in [-0.1, -0.05) is 12.2 Å². The fourth-order valence-corrected chi connectivity index (χ4v) is 7.88. The summed E-state index contributed by atoms with van der Waals surface area (Å²) >= 11 is 1.62. The van der Waals surface area contributed by atoms with Gasteiger partial charge in [-0.05, 0) is 52.9 Å². The van der Waals surface area contributed by atoms with E-state index in [2.05, 4.69) is 13.2 Å². The van der Waals surface area contributed by atoms with Gasteiger partial charge in [0, 0.05) is 23.9 Å². The van der Waals surface area contributed by atoms with Crippen molar-refractivity contribution in [2.45, 2.75) is 74.5 Å². The van der Waals surface area contributed by atoms with Crippen LogP contribution in [0.25, 0.3) is 0 Å². The molecule has 3 aliphatic heterocycles. The Morgan fingerprint density at radius 2 is 2.03 bits per heavy atom. The van der Waals surface area contributed by atoms with E-state index in [4.69, 9.17) is 4.74 Å². The molecule has 0 radical (unpaired) electrons. The van der Waals surface area contributed by atoms with E-state index in [0.29, 0.717) is 19.6 Å². The Hall–Kier alpha value is -1.80. The van der Waals surface area contributed by atoms with Crippen LogP contribution in [-0.2, 0) is 19.1 Å². The van der Waals surface area contributed by atoms with Crippen LogP contribution < -0.4 is 0 Å². The molecular weight excluding hydrogens is 440 g/mol. The minimum atomic E-state index is -0.707. The van der Waals surface area contributed by atoms with Crippen LogP contribution in [0.2, 0.25) is 0 Å². The van der Waals surface area contributed by atoms with Gasteiger partial charge in [0.05, 0.1) is 29.8 Å². The number of aliphatic hydroxyl groups excluding tert-OH is 1. The minimum absolute atomic E-state index is 0.0197. The minimum Gasteiger partial charge on any atom is -0.465 e. The number of hydrogen-bond donors (Lipinski definition) is 1. The highest BCUT2D eigenvalue weighted by molar-refractivity contribution is 8.02. The molecule has 7 nitrogen and oxygen atoms in total. The predicted octanol–water partition coefficient (Wildman–Crippen LogP) is 2.78. The molecule has 0 aromatic carbocycles. The van der Waals surface area contributed by atoms with Crippen LogP contribution in [0.3, 0.4) is 0 Å². The standard InChI is InChI=1S/C25H38N2O5S/c1-6-8-9-10-16-32-23(31)18-17-11-12-25(33-17)19(18)21(29)26(14-15-28)20(25)22(30)27(13-7-2)24(3,4)5/h6-7,17-20,28H,1-2,8-16H2,3-5H3/t17-,18+,19+,20?,25?/m1/s1. The number of rotatable bonds is 11. The van der Waals surface area contributed by atoms with Crippen LogP contribution in [0.5, 0.6) is 0 Å². The number of carbonyl (C=O) groups is 3. The van der Waals surface area contributed by atoms with E-state index in [1.54, 1.807) is 22.7 Å². The summed E-state index contributed by atoms with van der Waals surface area (Å²) in [5, 5.41) is 9.68. The SMILES string of the molecule is C=CCCCCOC(=O)[C@@H]1[C@H]2C(=O)N(CCO)C(C(=O)N(CC=C)C(C)(C)C)C23CC[C@H]1S3. The second-order valence-electron chi connectivity index (χ2n) is 10.2. The first kappa shape index (κ1) is 25.8. The molecule has 0 aromatic heterocycles. The van der Waals surface area contributed by atoms with E-state index in [9.17, 15) is 19.5 Å². The lowest BCUT2D eigenvalue weighted by molar-refractivity contribution is -0.154. The van der Waals surface area contributed by atoms with Crippen LogP contribution in [-0.4, -0.2) is 80.6 Å². The number of fused-ring (bicyclic) bond motifs is 1. The van der Waals surface area contributed by atoms with Gasteiger partial charge in [0.2, 0.25) is 11.8 Å².